The Labute approximate surface area is 124 Å². The van der Waals surface area contributed by atoms with E-state index in [1.54, 1.807) is 0 Å². The first-order valence-electron chi connectivity index (χ1n) is 6.35. The van der Waals surface area contributed by atoms with Gasteiger partial charge < -0.3 is 10.1 Å². The van der Waals surface area contributed by atoms with Crippen molar-refractivity contribution in [1.82, 2.24) is 5.32 Å². The zero-order valence-electron chi connectivity index (χ0n) is 11.5. The van der Waals surface area contributed by atoms with Crippen molar-refractivity contribution in [2.45, 2.75) is 27.2 Å². The number of halogens is 2. The van der Waals surface area contributed by atoms with Gasteiger partial charge in [0.15, 0.2) is 0 Å². The molecular weight excluding hydrogens is 285 g/mol. The first-order chi connectivity index (χ1) is 9.06. The van der Waals surface area contributed by atoms with E-state index in [1.807, 2.05) is 26.8 Å². The van der Waals surface area contributed by atoms with Crippen LogP contribution in [0.3, 0.4) is 0 Å². The van der Waals surface area contributed by atoms with Gasteiger partial charge in [0, 0.05) is 17.4 Å². The standard InChI is InChI=1S/C14H19Cl2NO2/c1-4-17-14(18)12-9(3)11(16)8-10(6-7-15)13(12)19-5-2/h8H,4-7H2,1-3H3,(H,17,18). The van der Waals surface area contributed by atoms with Crippen LogP contribution in [0.5, 0.6) is 5.75 Å². The largest absolute Gasteiger partial charge is 0.493 e. The molecule has 1 N–H and O–H groups in total. The number of carbonyl (C=O) groups excluding carboxylic acids is 1. The average Bonchev–Trinajstić information content (AvgIpc) is 2.36. The summed E-state index contributed by atoms with van der Waals surface area (Å²) in [6.45, 7) is 6.62. The Morgan fingerprint density at radius 2 is 2.11 bits per heavy atom. The SMILES string of the molecule is CCNC(=O)c1c(C)c(Cl)cc(CCCl)c1OCC. The zero-order valence-corrected chi connectivity index (χ0v) is 13.0. The predicted octanol–water partition coefficient (Wildman–Crippen LogP) is 3.58. The van der Waals surface area contributed by atoms with E-state index in [2.05, 4.69) is 5.32 Å². The molecule has 0 aliphatic carbocycles. The number of hydrogen-bond acceptors (Lipinski definition) is 2. The van der Waals surface area contributed by atoms with E-state index in [9.17, 15) is 4.79 Å². The summed E-state index contributed by atoms with van der Waals surface area (Å²) in [5.74, 6) is 0.881. The number of aryl methyl sites for hydroxylation is 1. The zero-order chi connectivity index (χ0) is 14.4. The Bertz CT molecular complexity index is 461. The third kappa shape index (κ3) is 3.77. The summed E-state index contributed by atoms with van der Waals surface area (Å²) in [4.78, 5) is 12.2. The predicted molar refractivity (Wildman–Crippen MR) is 79.8 cm³/mol. The normalized spacial score (nSPS) is 10.4. The molecule has 0 aliphatic rings. The van der Waals surface area contributed by atoms with Crippen LogP contribution in [0.1, 0.15) is 35.3 Å². The Morgan fingerprint density at radius 1 is 1.42 bits per heavy atom. The Morgan fingerprint density at radius 3 is 2.63 bits per heavy atom. The van der Waals surface area contributed by atoms with E-state index >= 15 is 0 Å². The molecule has 1 rings (SSSR count). The van der Waals surface area contributed by atoms with Gasteiger partial charge in [0.05, 0.1) is 12.2 Å². The Balaban J connectivity index is 3.41. The molecular formula is C14H19Cl2NO2. The molecule has 0 aliphatic heterocycles. The lowest BCUT2D eigenvalue weighted by molar-refractivity contribution is 0.0951. The number of rotatable bonds is 6. The molecule has 0 unspecified atom stereocenters. The maximum absolute atomic E-state index is 12.2. The van der Waals surface area contributed by atoms with E-state index < -0.39 is 0 Å². The van der Waals surface area contributed by atoms with Crippen LogP contribution in [0.15, 0.2) is 6.07 Å². The molecule has 0 fully saturated rings. The van der Waals surface area contributed by atoms with E-state index in [1.165, 1.54) is 0 Å². The van der Waals surface area contributed by atoms with Gasteiger partial charge in [-0.15, -0.1) is 11.6 Å². The summed E-state index contributed by atoms with van der Waals surface area (Å²) in [5, 5.41) is 3.35. The highest BCUT2D eigenvalue weighted by molar-refractivity contribution is 6.32. The van der Waals surface area contributed by atoms with E-state index in [-0.39, 0.29) is 5.91 Å². The maximum Gasteiger partial charge on any atom is 0.255 e. The lowest BCUT2D eigenvalue weighted by Gasteiger charge is -2.17. The maximum atomic E-state index is 12.2. The van der Waals surface area contributed by atoms with Gasteiger partial charge >= 0.3 is 0 Å². The van der Waals surface area contributed by atoms with Gasteiger partial charge in [-0.3, -0.25) is 4.79 Å². The second kappa shape index (κ2) is 7.61. The molecule has 1 amide bonds. The number of hydrogen-bond donors (Lipinski definition) is 1. The van der Waals surface area contributed by atoms with Crippen molar-refractivity contribution in [2.24, 2.45) is 0 Å². The van der Waals surface area contributed by atoms with Crippen molar-refractivity contribution in [1.29, 1.82) is 0 Å². The summed E-state index contributed by atoms with van der Waals surface area (Å²) in [6, 6.07) is 1.83. The van der Waals surface area contributed by atoms with Gasteiger partial charge in [0.25, 0.3) is 5.91 Å². The first-order valence-corrected chi connectivity index (χ1v) is 7.26. The summed E-state index contributed by atoms with van der Waals surface area (Å²) in [6.07, 6.45) is 0.614. The smallest absolute Gasteiger partial charge is 0.255 e. The van der Waals surface area contributed by atoms with Crippen molar-refractivity contribution in [3.05, 3.63) is 27.8 Å². The Hall–Kier alpha value is -0.930. The molecule has 3 nitrogen and oxygen atoms in total. The van der Waals surface area contributed by atoms with Crippen LogP contribution >= 0.6 is 23.2 Å². The number of benzene rings is 1. The van der Waals surface area contributed by atoms with E-state index in [0.29, 0.717) is 41.8 Å². The number of amides is 1. The minimum Gasteiger partial charge on any atom is -0.493 e. The minimum absolute atomic E-state index is 0.165. The molecule has 0 heterocycles. The number of alkyl halides is 1. The summed E-state index contributed by atoms with van der Waals surface area (Å²) < 4.78 is 5.65. The lowest BCUT2D eigenvalue weighted by Crippen LogP contribution is -2.25. The Kier molecular flexibility index (Phi) is 6.46. The molecule has 0 atom stereocenters. The third-order valence-electron chi connectivity index (χ3n) is 2.77. The molecule has 0 radical (unpaired) electrons. The fraction of sp³-hybridized carbons (Fsp3) is 0.500. The van der Waals surface area contributed by atoms with Gasteiger partial charge in [0.2, 0.25) is 0 Å². The second-order valence-corrected chi connectivity index (χ2v) is 4.86. The van der Waals surface area contributed by atoms with Gasteiger partial charge in [-0.05, 0) is 44.4 Å². The fourth-order valence-electron chi connectivity index (χ4n) is 1.90. The molecule has 19 heavy (non-hydrogen) atoms. The minimum atomic E-state index is -0.165. The molecule has 0 bridgehead atoms. The van der Waals surface area contributed by atoms with E-state index in [4.69, 9.17) is 27.9 Å². The van der Waals surface area contributed by atoms with Crippen molar-refractivity contribution in [3.8, 4) is 5.75 Å². The summed E-state index contributed by atoms with van der Waals surface area (Å²) in [7, 11) is 0. The summed E-state index contributed by atoms with van der Waals surface area (Å²) in [5.41, 5.74) is 2.11. The van der Waals surface area contributed by atoms with Crippen LogP contribution in [-0.4, -0.2) is 24.9 Å². The molecule has 1 aromatic rings. The molecule has 0 spiro atoms. The highest BCUT2D eigenvalue weighted by Gasteiger charge is 2.21. The highest BCUT2D eigenvalue weighted by atomic mass is 35.5. The van der Waals surface area contributed by atoms with Crippen LogP contribution in [0.4, 0.5) is 0 Å². The topological polar surface area (TPSA) is 38.3 Å². The molecule has 0 saturated heterocycles. The van der Waals surface area contributed by atoms with Gasteiger partial charge in [0.1, 0.15) is 5.75 Å². The average molecular weight is 304 g/mol. The van der Waals surface area contributed by atoms with Crippen molar-refractivity contribution in [2.75, 3.05) is 19.0 Å². The van der Waals surface area contributed by atoms with Crippen molar-refractivity contribution < 1.29 is 9.53 Å². The highest BCUT2D eigenvalue weighted by Crippen LogP contribution is 2.33. The molecule has 1 aromatic carbocycles. The molecule has 5 heteroatoms. The molecule has 0 saturated carbocycles. The van der Waals surface area contributed by atoms with Crippen LogP contribution < -0.4 is 10.1 Å². The number of ether oxygens (including phenoxy) is 1. The monoisotopic (exact) mass is 303 g/mol. The molecule has 0 aromatic heterocycles. The quantitative estimate of drug-likeness (QED) is 0.816. The number of carbonyl (C=O) groups is 1. The first kappa shape index (κ1) is 16.1. The van der Waals surface area contributed by atoms with Gasteiger partial charge in [-0.2, -0.15) is 0 Å². The van der Waals surface area contributed by atoms with Crippen molar-refractivity contribution >= 4 is 29.1 Å². The van der Waals surface area contributed by atoms with Crippen LogP contribution in [0.25, 0.3) is 0 Å². The van der Waals surface area contributed by atoms with Gasteiger partial charge in [-0.1, -0.05) is 11.6 Å². The van der Waals surface area contributed by atoms with Gasteiger partial charge in [-0.25, -0.2) is 0 Å². The summed E-state index contributed by atoms with van der Waals surface area (Å²) >= 11 is 12.0. The third-order valence-corrected chi connectivity index (χ3v) is 3.35. The van der Waals surface area contributed by atoms with Crippen molar-refractivity contribution in [3.63, 3.8) is 0 Å². The van der Waals surface area contributed by atoms with Crippen LogP contribution in [0.2, 0.25) is 5.02 Å². The number of nitrogens with one attached hydrogen (secondary N) is 1. The van der Waals surface area contributed by atoms with Crippen LogP contribution in [0, 0.1) is 6.92 Å². The second-order valence-electron chi connectivity index (χ2n) is 4.08. The fourth-order valence-corrected chi connectivity index (χ4v) is 2.33. The molecule has 106 valence electrons. The van der Waals surface area contributed by atoms with Crippen LogP contribution in [-0.2, 0) is 6.42 Å². The van der Waals surface area contributed by atoms with E-state index in [0.717, 1.165) is 11.1 Å². The lowest BCUT2D eigenvalue weighted by atomic mass is 10.0.